The van der Waals surface area contributed by atoms with Gasteiger partial charge in [-0.3, -0.25) is 14.5 Å². The fraction of sp³-hybridized carbons (Fsp3) is 0.348. The number of nitrogens with zero attached hydrogens (tertiary/aromatic N) is 5. The zero-order valence-corrected chi connectivity index (χ0v) is 17.9. The largest absolute Gasteiger partial charge is 0.477 e. The van der Waals surface area contributed by atoms with E-state index in [1.165, 1.54) is 12.4 Å². The molecule has 9 nitrogen and oxygen atoms in total. The first-order chi connectivity index (χ1) is 15.5. The standard InChI is InChI=1S/C23H25N5O4/c1-2-27-15-18(22(31)32)20(30)17-14-24-23(25-21(17)27)28-12-10-26(11-13-28)9-8-19(29)16-6-4-3-5-7-16/h3-7,14-15H,2,8-13H2,1H3,(H,31,32). The number of pyridine rings is 1. The molecule has 2 aromatic heterocycles. The maximum absolute atomic E-state index is 12.5. The number of hydrogen-bond donors (Lipinski definition) is 1. The van der Waals surface area contributed by atoms with Crippen LogP contribution in [0, 0.1) is 0 Å². The van der Waals surface area contributed by atoms with Crippen molar-refractivity contribution >= 4 is 28.7 Å². The van der Waals surface area contributed by atoms with Gasteiger partial charge in [-0.1, -0.05) is 30.3 Å². The average molecular weight is 435 g/mol. The summed E-state index contributed by atoms with van der Waals surface area (Å²) in [5, 5.41) is 9.49. The maximum Gasteiger partial charge on any atom is 0.341 e. The lowest BCUT2D eigenvalue weighted by atomic mass is 10.1. The first-order valence-electron chi connectivity index (χ1n) is 10.7. The molecule has 0 amide bonds. The summed E-state index contributed by atoms with van der Waals surface area (Å²) in [5.74, 6) is -0.601. The number of Topliss-reactive ketones (excluding diaryl/α,β-unsaturated/α-hetero) is 1. The molecular weight excluding hydrogens is 410 g/mol. The lowest BCUT2D eigenvalue weighted by Crippen LogP contribution is -2.47. The molecule has 0 atom stereocenters. The summed E-state index contributed by atoms with van der Waals surface area (Å²) in [6.45, 7) is 6.02. The number of ketones is 1. The minimum Gasteiger partial charge on any atom is -0.477 e. The lowest BCUT2D eigenvalue weighted by Gasteiger charge is -2.34. The van der Waals surface area contributed by atoms with Crippen LogP contribution in [0.1, 0.15) is 34.1 Å². The number of anilines is 1. The highest BCUT2D eigenvalue weighted by Gasteiger charge is 2.22. The Labute approximate surface area is 184 Å². The van der Waals surface area contributed by atoms with Gasteiger partial charge in [-0.25, -0.2) is 9.78 Å². The van der Waals surface area contributed by atoms with Crippen molar-refractivity contribution < 1.29 is 14.7 Å². The molecule has 1 aliphatic rings. The van der Waals surface area contributed by atoms with Gasteiger partial charge in [0.25, 0.3) is 0 Å². The fourth-order valence-corrected chi connectivity index (χ4v) is 3.91. The van der Waals surface area contributed by atoms with Gasteiger partial charge in [0.1, 0.15) is 11.2 Å². The summed E-state index contributed by atoms with van der Waals surface area (Å²) in [6, 6.07) is 9.32. The molecule has 0 radical (unpaired) electrons. The Morgan fingerprint density at radius 1 is 1.09 bits per heavy atom. The number of carbonyl (C=O) groups excluding carboxylic acids is 1. The number of fused-ring (bicyclic) bond motifs is 1. The molecule has 3 aromatic rings. The summed E-state index contributed by atoms with van der Waals surface area (Å²) in [5.41, 5.74) is 0.318. The number of hydrogen-bond acceptors (Lipinski definition) is 7. The van der Waals surface area contributed by atoms with E-state index in [-0.39, 0.29) is 16.7 Å². The second-order valence-electron chi connectivity index (χ2n) is 7.74. The second kappa shape index (κ2) is 9.27. The Hall–Kier alpha value is -3.59. The topological polar surface area (TPSA) is 109 Å². The van der Waals surface area contributed by atoms with Gasteiger partial charge in [0.05, 0.1) is 5.39 Å². The van der Waals surface area contributed by atoms with Gasteiger partial charge in [-0.05, 0) is 6.92 Å². The summed E-state index contributed by atoms with van der Waals surface area (Å²) in [6.07, 6.45) is 3.24. The van der Waals surface area contributed by atoms with Gasteiger partial charge in [0.2, 0.25) is 11.4 Å². The molecule has 1 aliphatic heterocycles. The highest BCUT2D eigenvalue weighted by atomic mass is 16.4. The van der Waals surface area contributed by atoms with Gasteiger partial charge in [0, 0.05) is 63.6 Å². The van der Waals surface area contributed by atoms with Gasteiger partial charge < -0.3 is 14.6 Å². The second-order valence-corrected chi connectivity index (χ2v) is 7.74. The first kappa shape index (κ1) is 21.6. The van der Waals surface area contributed by atoms with Crippen LogP contribution >= 0.6 is 0 Å². The van der Waals surface area contributed by atoms with Crippen LogP contribution in [0.5, 0.6) is 0 Å². The Balaban J connectivity index is 1.43. The maximum atomic E-state index is 12.5. The Bertz CT molecular complexity index is 1200. The zero-order chi connectivity index (χ0) is 22.7. The smallest absolute Gasteiger partial charge is 0.341 e. The monoisotopic (exact) mass is 435 g/mol. The van der Waals surface area contributed by atoms with Crippen molar-refractivity contribution in [3.63, 3.8) is 0 Å². The van der Waals surface area contributed by atoms with Crippen LogP contribution in [0.3, 0.4) is 0 Å². The quantitative estimate of drug-likeness (QED) is 0.561. The molecule has 1 fully saturated rings. The Morgan fingerprint density at radius 2 is 1.81 bits per heavy atom. The molecule has 1 aromatic carbocycles. The van der Waals surface area contributed by atoms with Crippen LogP contribution < -0.4 is 10.3 Å². The van der Waals surface area contributed by atoms with Gasteiger partial charge in [-0.15, -0.1) is 0 Å². The molecule has 0 unspecified atom stereocenters. The molecule has 4 rings (SSSR count). The van der Waals surface area contributed by atoms with E-state index in [0.29, 0.717) is 44.2 Å². The molecule has 0 aliphatic carbocycles. The number of rotatable bonds is 7. The third kappa shape index (κ3) is 4.38. The molecule has 9 heteroatoms. The Kier molecular flexibility index (Phi) is 6.27. The van der Waals surface area contributed by atoms with Crippen LogP contribution in [0.15, 0.2) is 47.5 Å². The summed E-state index contributed by atoms with van der Waals surface area (Å²) >= 11 is 0. The predicted octanol–water partition coefficient (Wildman–Crippen LogP) is 1.90. The highest BCUT2D eigenvalue weighted by Crippen LogP contribution is 2.16. The van der Waals surface area contributed by atoms with Crippen LogP contribution in [-0.2, 0) is 6.54 Å². The van der Waals surface area contributed by atoms with E-state index in [1.807, 2.05) is 42.2 Å². The van der Waals surface area contributed by atoms with Crippen LogP contribution in [0.2, 0.25) is 0 Å². The number of carbonyl (C=O) groups is 2. The predicted molar refractivity (Wildman–Crippen MR) is 120 cm³/mol. The number of benzene rings is 1. The average Bonchev–Trinajstić information content (AvgIpc) is 2.83. The number of carboxylic acid groups (broad SMARTS) is 1. The van der Waals surface area contributed by atoms with Crippen molar-refractivity contribution in [1.29, 1.82) is 0 Å². The number of aryl methyl sites for hydroxylation is 1. The van der Waals surface area contributed by atoms with E-state index in [0.717, 1.165) is 18.7 Å². The SMILES string of the molecule is CCn1cc(C(=O)O)c(=O)c2cnc(N3CCN(CCC(=O)c4ccccc4)CC3)nc21. The van der Waals surface area contributed by atoms with E-state index >= 15 is 0 Å². The zero-order valence-electron chi connectivity index (χ0n) is 17.9. The third-order valence-corrected chi connectivity index (χ3v) is 5.78. The first-order valence-corrected chi connectivity index (χ1v) is 10.7. The van der Waals surface area contributed by atoms with Crippen molar-refractivity contribution in [2.24, 2.45) is 0 Å². The van der Waals surface area contributed by atoms with Crippen molar-refractivity contribution in [1.82, 2.24) is 19.4 Å². The van der Waals surface area contributed by atoms with Crippen molar-refractivity contribution in [2.75, 3.05) is 37.6 Å². The van der Waals surface area contributed by atoms with E-state index in [2.05, 4.69) is 14.9 Å². The molecule has 32 heavy (non-hydrogen) atoms. The third-order valence-electron chi connectivity index (χ3n) is 5.78. The number of aromatic nitrogens is 3. The highest BCUT2D eigenvalue weighted by molar-refractivity contribution is 5.96. The number of aromatic carboxylic acids is 1. The molecule has 1 N–H and O–H groups in total. The molecule has 0 spiro atoms. The van der Waals surface area contributed by atoms with Crippen molar-refractivity contribution in [3.8, 4) is 0 Å². The fourth-order valence-electron chi connectivity index (χ4n) is 3.91. The summed E-state index contributed by atoms with van der Waals surface area (Å²) in [7, 11) is 0. The van der Waals surface area contributed by atoms with Gasteiger partial charge >= 0.3 is 5.97 Å². The van der Waals surface area contributed by atoms with E-state index in [4.69, 9.17) is 0 Å². The lowest BCUT2D eigenvalue weighted by molar-refractivity contribution is 0.0694. The van der Waals surface area contributed by atoms with Gasteiger partial charge in [0.15, 0.2) is 5.78 Å². The van der Waals surface area contributed by atoms with E-state index < -0.39 is 11.4 Å². The van der Waals surface area contributed by atoms with Crippen LogP contribution in [0.4, 0.5) is 5.95 Å². The molecule has 166 valence electrons. The van der Waals surface area contributed by atoms with Crippen molar-refractivity contribution in [2.45, 2.75) is 19.9 Å². The normalized spacial score (nSPS) is 14.6. The minimum atomic E-state index is -1.26. The van der Waals surface area contributed by atoms with Gasteiger partial charge in [-0.2, -0.15) is 4.98 Å². The number of piperazine rings is 1. The van der Waals surface area contributed by atoms with E-state index in [9.17, 15) is 19.5 Å². The van der Waals surface area contributed by atoms with Crippen LogP contribution in [0.25, 0.3) is 11.0 Å². The summed E-state index contributed by atoms with van der Waals surface area (Å²) in [4.78, 5) is 49.4. The van der Waals surface area contributed by atoms with E-state index in [1.54, 1.807) is 4.57 Å². The summed E-state index contributed by atoms with van der Waals surface area (Å²) < 4.78 is 1.66. The molecular formula is C23H25N5O4. The Morgan fingerprint density at radius 3 is 2.47 bits per heavy atom. The number of carboxylic acids is 1. The minimum absolute atomic E-state index is 0.143. The van der Waals surface area contributed by atoms with Crippen molar-refractivity contribution in [3.05, 3.63) is 64.1 Å². The molecule has 0 saturated carbocycles. The molecule has 0 bridgehead atoms. The molecule has 3 heterocycles. The van der Waals surface area contributed by atoms with Crippen LogP contribution in [-0.4, -0.2) is 69.0 Å². The molecule has 1 saturated heterocycles.